The van der Waals surface area contributed by atoms with E-state index >= 15 is 0 Å². The molecular formula is C40H50Br2F24O6. The average molecular weight is 1240 g/mol. The number of ether oxygens (including phenoxy) is 2. The van der Waals surface area contributed by atoms with Crippen LogP contribution in [0, 0.1) is 5.41 Å². The summed E-state index contributed by atoms with van der Waals surface area (Å²) < 4.78 is 288. The molecular weight excluding hydrogens is 1190 g/mol. The van der Waals surface area contributed by atoms with Gasteiger partial charge in [-0.3, -0.25) is 9.59 Å². The van der Waals surface area contributed by atoms with E-state index in [4.69, 9.17) is 10.2 Å². The second-order valence-corrected chi connectivity index (χ2v) is 16.0. The fourth-order valence-electron chi connectivity index (χ4n) is 3.52. The largest absolute Gasteiger partial charge is 0.459 e. The number of esters is 2. The molecule has 2 N–H and O–H groups in total. The number of halogens is 26. The van der Waals surface area contributed by atoms with Crippen LogP contribution in [-0.4, -0.2) is 130 Å². The third kappa shape index (κ3) is 32.5. The number of carbonyl (C=O) groups excluding carboxylic acids is 2. The lowest BCUT2D eigenvalue weighted by Gasteiger charge is -2.41. The summed E-state index contributed by atoms with van der Waals surface area (Å²) in [5, 5.41) is 15.6. The van der Waals surface area contributed by atoms with Crippen molar-refractivity contribution in [1.29, 1.82) is 0 Å². The smallest absolute Gasteiger partial charge is 0.384 e. The Hall–Kier alpha value is -3.68. The Morgan fingerprint density at radius 2 is 0.889 bits per heavy atom. The molecule has 0 amide bonds. The summed E-state index contributed by atoms with van der Waals surface area (Å²) in [6, 6.07) is 18.1. The first kappa shape index (κ1) is 82.3. The Kier molecular flexibility index (Phi) is 48.8. The van der Waals surface area contributed by atoms with Crippen molar-refractivity contribution in [2.24, 2.45) is 5.41 Å². The monoisotopic (exact) mass is 1240 g/mol. The predicted molar refractivity (Wildman–Crippen MR) is 224 cm³/mol. The number of hydrogen-bond donors (Lipinski definition) is 2. The molecule has 0 bridgehead atoms. The number of aliphatic hydroxyl groups excluding tert-OH is 2. The van der Waals surface area contributed by atoms with Gasteiger partial charge in [0.1, 0.15) is 17.6 Å². The maximum atomic E-state index is 13.9. The number of alkyl halides is 26. The van der Waals surface area contributed by atoms with Crippen molar-refractivity contribution in [3.63, 3.8) is 0 Å². The SMILES string of the molecule is C=Cc1ccccc1.CC(C)(Br)C(=O)OCF.CC(C)(CC(Br)c1ccccc1)C(=O)OCC(F)(F)C(F)(F)C(F)(F)C(F)(F)C(F)(F)C(F)(F)CO.FCF.FCF.FCF.FCF.FCF.OCCF. The summed E-state index contributed by atoms with van der Waals surface area (Å²) in [5.41, 5.74) is 0.00289. The first-order valence-electron chi connectivity index (χ1n) is 18.4. The maximum absolute atomic E-state index is 13.9. The van der Waals surface area contributed by atoms with E-state index in [0.717, 1.165) is 13.8 Å². The first-order valence-corrected chi connectivity index (χ1v) is 20.1. The fraction of sp³-hybridized carbons (Fsp3) is 0.600. The summed E-state index contributed by atoms with van der Waals surface area (Å²) in [7, 11) is 0. The highest BCUT2D eigenvalue weighted by atomic mass is 79.9. The summed E-state index contributed by atoms with van der Waals surface area (Å²) in [5.74, 6) is -45.5. The zero-order chi connectivity index (χ0) is 58.9. The predicted octanol–water partition coefficient (Wildman–Crippen LogP) is 15.2. The number of aliphatic hydroxyl groups is 2. The minimum Gasteiger partial charge on any atom is -0.459 e. The van der Waals surface area contributed by atoms with Crippen LogP contribution in [0.2, 0.25) is 0 Å². The van der Waals surface area contributed by atoms with Gasteiger partial charge in [0, 0.05) is 4.83 Å². The van der Waals surface area contributed by atoms with Gasteiger partial charge in [0.2, 0.25) is 41.5 Å². The number of rotatable bonds is 16. The van der Waals surface area contributed by atoms with Crippen molar-refractivity contribution in [2.45, 2.75) is 78.8 Å². The maximum Gasteiger partial charge on any atom is 0.384 e. The lowest BCUT2D eigenvalue weighted by Crippen LogP contribution is -2.71. The Morgan fingerprint density at radius 1 is 0.569 bits per heavy atom. The molecule has 0 heterocycles. The van der Waals surface area contributed by atoms with Gasteiger partial charge in [0.05, 0.1) is 12.0 Å². The van der Waals surface area contributed by atoms with E-state index in [1.54, 1.807) is 44.2 Å². The molecule has 2 rings (SSSR count). The lowest BCUT2D eigenvalue weighted by atomic mass is 9.86. The van der Waals surface area contributed by atoms with Crippen LogP contribution >= 0.6 is 31.9 Å². The normalized spacial score (nSPS) is 11.8. The second kappa shape index (κ2) is 42.7. The first-order chi connectivity index (χ1) is 32.8. The van der Waals surface area contributed by atoms with Crippen molar-refractivity contribution in [3.05, 3.63) is 78.4 Å². The molecule has 32 heteroatoms. The summed E-state index contributed by atoms with van der Waals surface area (Å²) in [6.45, 7) is -7.98. The van der Waals surface area contributed by atoms with Gasteiger partial charge in [0.15, 0.2) is 6.61 Å². The molecule has 1 atom stereocenters. The van der Waals surface area contributed by atoms with E-state index in [1.165, 1.54) is 5.56 Å². The Bertz CT molecular complexity index is 1580. The number of hydrogen-bond acceptors (Lipinski definition) is 6. The van der Waals surface area contributed by atoms with Crippen molar-refractivity contribution in [2.75, 3.05) is 68.0 Å². The van der Waals surface area contributed by atoms with Crippen molar-refractivity contribution in [3.8, 4) is 0 Å². The van der Waals surface area contributed by atoms with E-state index in [9.17, 15) is 115 Å². The third-order valence-electron chi connectivity index (χ3n) is 6.88. The molecule has 0 radical (unpaired) electrons. The van der Waals surface area contributed by atoms with E-state index < -0.39 is 123 Å². The van der Waals surface area contributed by atoms with Crippen LogP contribution in [0.5, 0.6) is 0 Å². The molecule has 2 aromatic rings. The molecule has 1 unspecified atom stereocenters. The summed E-state index contributed by atoms with van der Waals surface area (Å²) in [6.07, 6.45) is 1.61. The Morgan fingerprint density at radius 3 is 1.14 bits per heavy atom. The van der Waals surface area contributed by atoms with E-state index in [2.05, 4.69) is 47.9 Å². The van der Waals surface area contributed by atoms with Crippen LogP contribution in [0.1, 0.15) is 50.1 Å². The van der Waals surface area contributed by atoms with Crippen LogP contribution in [-0.2, 0) is 19.1 Å². The van der Waals surface area contributed by atoms with Gasteiger partial charge in [0.25, 0.3) is 0 Å². The van der Waals surface area contributed by atoms with Gasteiger partial charge >= 0.3 is 47.5 Å². The van der Waals surface area contributed by atoms with E-state index in [-0.39, 0.29) is 13.0 Å². The molecule has 0 aliphatic heterocycles. The molecule has 0 aliphatic carbocycles. The summed E-state index contributed by atoms with van der Waals surface area (Å²) >= 11 is 6.20. The number of carbonyl (C=O) groups is 2. The van der Waals surface area contributed by atoms with Crippen LogP contribution in [0.3, 0.4) is 0 Å². The van der Waals surface area contributed by atoms with Gasteiger partial charge in [-0.1, -0.05) is 105 Å². The third-order valence-corrected chi connectivity index (χ3v) is 8.06. The van der Waals surface area contributed by atoms with Crippen LogP contribution in [0.25, 0.3) is 6.08 Å². The highest BCUT2D eigenvalue weighted by molar-refractivity contribution is 9.10. The molecule has 428 valence electrons. The zero-order valence-electron chi connectivity index (χ0n) is 37.8. The van der Waals surface area contributed by atoms with E-state index in [0.29, 0.717) is 5.56 Å². The molecule has 0 spiro atoms. The molecule has 0 saturated heterocycles. The highest BCUT2D eigenvalue weighted by Crippen LogP contribution is 2.60. The van der Waals surface area contributed by atoms with Crippen LogP contribution < -0.4 is 0 Å². The van der Waals surface area contributed by atoms with Gasteiger partial charge in [-0.05, 0) is 45.2 Å². The zero-order valence-corrected chi connectivity index (χ0v) is 40.9. The van der Waals surface area contributed by atoms with Crippen LogP contribution in [0.4, 0.5) is 105 Å². The minimum absolute atomic E-state index is 0.228. The minimum atomic E-state index is -7.80. The average Bonchev–Trinajstić information content (AvgIpc) is 3.30. The molecule has 2 aromatic carbocycles. The molecule has 0 fully saturated rings. The Labute approximate surface area is 414 Å². The van der Waals surface area contributed by atoms with Gasteiger partial charge in [-0.2, -0.15) is 52.7 Å². The second-order valence-electron chi connectivity index (χ2n) is 13.0. The van der Waals surface area contributed by atoms with E-state index in [1.807, 2.05) is 36.4 Å². The fourth-order valence-corrected chi connectivity index (χ4v) is 4.75. The molecule has 72 heavy (non-hydrogen) atoms. The Balaban J connectivity index is -0.000000187. The summed E-state index contributed by atoms with van der Waals surface area (Å²) in [4.78, 5) is 22.1. The molecule has 0 aliphatic rings. The number of benzene rings is 2. The molecule has 6 nitrogen and oxygen atoms in total. The van der Waals surface area contributed by atoms with Crippen LogP contribution in [0.15, 0.2) is 67.2 Å². The highest BCUT2D eigenvalue weighted by Gasteiger charge is 2.90. The van der Waals surface area contributed by atoms with Crippen molar-refractivity contribution < 1.29 is 135 Å². The van der Waals surface area contributed by atoms with Gasteiger partial charge < -0.3 is 19.7 Å². The molecule has 0 saturated carbocycles. The quantitative estimate of drug-likeness (QED) is 0.0988. The van der Waals surface area contributed by atoms with Crippen molar-refractivity contribution in [1.82, 2.24) is 0 Å². The van der Waals surface area contributed by atoms with Gasteiger partial charge in [-0.25, -0.2) is 52.7 Å². The topological polar surface area (TPSA) is 93.1 Å². The molecule has 0 aromatic heterocycles. The standard InChI is InChI=1S/C20H19BrF12O3.C8H8.C5H8BrFO2.C2H5FO.5CH2F2/c1-14(2,8-12(21)11-6-4-3-5-7-11)13(35)36-10-16(24,25)18(28,29)20(32,33)19(30,31)17(26,27)15(22,23)9-34;1-2-8-6-4-3-5-7-8;1-5(2,6)4(8)9-3-7;3-1-2-4;5*2-1-3/h3-7,12,34H,8-10H2,1-2H3;2-7H,1H2;3H2,1-2H3;4H,1-2H2;5*1H2. The van der Waals surface area contributed by atoms with Gasteiger partial charge in [-0.15, -0.1) is 0 Å². The van der Waals surface area contributed by atoms with Crippen molar-refractivity contribution >= 4 is 49.9 Å². The lowest BCUT2D eigenvalue weighted by molar-refractivity contribution is -0.428.